The molecule has 0 unspecified atom stereocenters. The van der Waals surface area contributed by atoms with Crippen molar-refractivity contribution < 1.29 is 14.3 Å². The average molecular weight is 331 g/mol. The summed E-state index contributed by atoms with van der Waals surface area (Å²) >= 11 is 0. The SMILES string of the molecule is COc1ccc(C(=O)CCCCC(=O)CCCN2CCCC2)cc1. The van der Waals surface area contributed by atoms with Gasteiger partial charge in [0.25, 0.3) is 0 Å². The average Bonchev–Trinajstić information content (AvgIpc) is 3.12. The summed E-state index contributed by atoms with van der Waals surface area (Å²) in [6.45, 7) is 3.45. The van der Waals surface area contributed by atoms with E-state index >= 15 is 0 Å². The Morgan fingerprint density at radius 1 is 0.958 bits per heavy atom. The zero-order chi connectivity index (χ0) is 17.2. The van der Waals surface area contributed by atoms with Gasteiger partial charge in [-0.05, 0) is 76.0 Å². The van der Waals surface area contributed by atoms with E-state index in [-0.39, 0.29) is 5.78 Å². The van der Waals surface area contributed by atoms with Gasteiger partial charge in [-0.2, -0.15) is 0 Å². The molecule has 0 aromatic heterocycles. The van der Waals surface area contributed by atoms with Gasteiger partial charge in [-0.3, -0.25) is 9.59 Å². The molecular formula is C20H29NO3. The first-order valence-corrected chi connectivity index (χ1v) is 9.10. The maximum Gasteiger partial charge on any atom is 0.162 e. The van der Waals surface area contributed by atoms with Crippen molar-refractivity contribution in [1.29, 1.82) is 0 Å². The molecular weight excluding hydrogens is 302 g/mol. The third kappa shape index (κ3) is 6.44. The maximum atomic E-state index is 12.1. The van der Waals surface area contributed by atoms with Gasteiger partial charge in [0.1, 0.15) is 11.5 Å². The van der Waals surface area contributed by atoms with E-state index in [1.54, 1.807) is 31.4 Å². The second kappa shape index (κ2) is 10.2. The second-order valence-corrected chi connectivity index (χ2v) is 6.55. The van der Waals surface area contributed by atoms with Crippen LogP contribution < -0.4 is 4.74 Å². The van der Waals surface area contributed by atoms with Crippen molar-refractivity contribution in [1.82, 2.24) is 4.90 Å². The van der Waals surface area contributed by atoms with Crippen molar-refractivity contribution in [3.8, 4) is 5.75 Å². The Morgan fingerprint density at radius 2 is 1.58 bits per heavy atom. The summed E-state index contributed by atoms with van der Waals surface area (Å²) in [4.78, 5) is 26.4. The molecule has 2 rings (SSSR count). The topological polar surface area (TPSA) is 46.6 Å². The van der Waals surface area contributed by atoms with Crippen molar-refractivity contribution in [2.45, 2.75) is 51.4 Å². The third-order valence-electron chi connectivity index (χ3n) is 4.65. The molecule has 4 nitrogen and oxygen atoms in total. The molecule has 1 aromatic carbocycles. The van der Waals surface area contributed by atoms with Crippen LogP contribution in [0.5, 0.6) is 5.75 Å². The van der Waals surface area contributed by atoms with Crippen LogP contribution in [0.1, 0.15) is 61.7 Å². The number of ketones is 2. The lowest BCUT2D eigenvalue weighted by molar-refractivity contribution is -0.119. The van der Waals surface area contributed by atoms with Gasteiger partial charge in [0, 0.05) is 24.8 Å². The van der Waals surface area contributed by atoms with Crippen LogP contribution in [0.4, 0.5) is 0 Å². The molecule has 1 aromatic rings. The van der Waals surface area contributed by atoms with Gasteiger partial charge in [-0.15, -0.1) is 0 Å². The predicted molar refractivity (Wildman–Crippen MR) is 95.7 cm³/mol. The monoisotopic (exact) mass is 331 g/mol. The highest BCUT2D eigenvalue weighted by molar-refractivity contribution is 5.96. The molecule has 4 heteroatoms. The molecule has 24 heavy (non-hydrogen) atoms. The van der Waals surface area contributed by atoms with Gasteiger partial charge >= 0.3 is 0 Å². The van der Waals surface area contributed by atoms with E-state index in [1.807, 2.05) is 0 Å². The fourth-order valence-electron chi connectivity index (χ4n) is 3.16. The van der Waals surface area contributed by atoms with E-state index in [9.17, 15) is 9.59 Å². The molecule has 0 amide bonds. The first-order chi connectivity index (χ1) is 11.7. The van der Waals surface area contributed by atoms with Gasteiger partial charge in [-0.25, -0.2) is 0 Å². The van der Waals surface area contributed by atoms with Crippen molar-refractivity contribution in [3.05, 3.63) is 29.8 Å². The van der Waals surface area contributed by atoms with Gasteiger partial charge in [0.15, 0.2) is 5.78 Å². The summed E-state index contributed by atoms with van der Waals surface area (Å²) in [5, 5.41) is 0. The van der Waals surface area contributed by atoms with Crippen molar-refractivity contribution >= 4 is 11.6 Å². The highest BCUT2D eigenvalue weighted by Gasteiger charge is 2.12. The number of nitrogens with zero attached hydrogens (tertiary/aromatic N) is 1. The summed E-state index contributed by atoms with van der Waals surface area (Å²) in [5.41, 5.74) is 0.715. The number of ether oxygens (including phenoxy) is 1. The van der Waals surface area contributed by atoms with Crippen LogP contribution in [0, 0.1) is 0 Å². The number of unbranched alkanes of at least 4 members (excludes halogenated alkanes) is 1. The number of rotatable bonds is 11. The van der Waals surface area contributed by atoms with Gasteiger partial charge in [-0.1, -0.05) is 0 Å². The molecule has 0 bridgehead atoms. The molecule has 0 atom stereocenters. The normalized spacial score (nSPS) is 14.7. The Morgan fingerprint density at radius 3 is 2.25 bits per heavy atom. The number of benzene rings is 1. The summed E-state index contributed by atoms with van der Waals surface area (Å²) in [6, 6.07) is 7.20. The lowest BCUT2D eigenvalue weighted by atomic mass is 10.0. The largest absolute Gasteiger partial charge is 0.497 e. The number of methoxy groups -OCH3 is 1. The molecule has 132 valence electrons. The van der Waals surface area contributed by atoms with E-state index in [0.29, 0.717) is 30.6 Å². The lowest BCUT2D eigenvalue weighted by Crippen LogP contribution is -2.20. The van der Waals surface area contributed by atoms with E-state index in [2.05, 4.69) is 4.90 Å². The first kappa shape index (κ1) is 18.7. The molecule has 1 saturated heterocycles. The summed E-state index contributed by atoms with van der Waals surface area (Å²) in [5.74, 6) is 1.23. The lowest BCUT2D eigenvalue weighted by Gasteiger charge is -2.13. The number of hydrogen-bond acceptors (Lipinski definition) is 4. The number of carbonyl (C=O) groups excluding carboxylic acids is 2. The molecule has 0 spiro atoms. The van der Waals surface area contributed by atoms with Gasteiger partial charge in [0.2, 0.25) is 0 Å². The Labute approximate surface area is 145 Å². The second-order valence-electron chi connectivity index (χ2n) is 6.55. The minimum absolute atomic E-state index is 0.138. The van der Waals surface area contributed by atoms with Crippen molar-refractivity contribution in [3.63, 3.8) is 0 Å². The molecule has 1 aliphatic heterocycles. The molecule has 0 radical (unpaired) electrons. The van der Waals surface area contributed by atoms with Crippen molar-refractivity contribution in [2.24, 2.45) is 0 Å². The molecule has 0 N–H and O–H groups in total. The highest BCUT2D eigenvalue weighted by atomic mass is 16.5. The van der Waals surface area contributed by atoms with Crippen LogP contribution in [0.25, 0.3) is 0 Å². The van der Waals surface area contributed by atoms with E-state index < -0.39 is 0 Å². The Bertz CT molecular complexity index is 518. The maximum absolute atomic E-state index is 12.1. The Hall–Kier alpha value is -1.68. The van der Waals surface area contributed by atoms with E-state index in [1.165, 1.54) is 25.9 Å². The molecule has 1 heterocycles. The zero-order valence-electron chi connectivity index (χ0n) is 14.8. The van der Waals surface area contributed by atoms with E-state index in [4.69, 9.17) is 4.74 Å². The fraction of sp³-hybridized carbons (Fsp3) is 0.600. The highest BCUT2D eigenvalue weighted by Crippen LogP contribution is 2.15. The van der Waals surface area contributed by atoms with Gasteiger partial charge < -0.3 is 9.64 Å². The van der Waals surface area contributed by atoms with Crippen LogP contribution in [-0.4, -0.2) is 43.2 Å². The van der Waals surface area contributed by atoms with E-state index in [0.717, 1.165) is 31.6 Å². The molecule has 1 aliphatic rings. The Balaban J connectivity index is 1.54. The summed E-state index contributed by atoms with van der Waals surface area (Å²) in [7, 11) is 1.61. The number of Topliss-reactive ketones (excluding diaryl/α,β-unsaturated/α-hetero) is 2. The predicted octanol–water partition coefficient (Wildman–Crippen LogP) is 3.88. The van der Waals surface area contributed by atoms with Crippen LogP contribution in [0.15, 0.2) is 24.3 Å². The zero-order valence-corrected chi connectivity index (χ0v) is 14.8. The van der Waals surface area contributed by atoms with Crippen LogP contribution >= 0.6 is 0 Å². The minimum atomic E-state index is 0.138. The summed E-state index contributed by atoms with van der Waals surface area (Å²) in [6.07, 6.45) is 6.97. The third-order valence-corrected chi connectivity index (χ3v) is 4.65. The van der Waals surface area contributed by atoms with Crippen molar-refractivity contribution in [2.75, 3.05) is 26.7 Å². The quantitative estimate of drug-likeness (QED) is 0.456. The molecule has 0 aliphatic carbocycles. The van der Waals surface area contributed by atoms with Crippen LogP contribution in [0.2, 0.25) is 0 Å². The summed E-state index contributed by atoms with van der Waals surface area (Å²) < 4.78 is 5.09. The smallest absolute Gasteiger partial charge is 0.162 e. The van der Waals surface area contributed by atoms with Crippen LogP contribution in [0.3, 0.4) is 0 Å². The molecule has 0 saturated carbocycles. The van der Waals surface area contributed by atoms with Gasteiger partial charge in [0.05, 0.1) is 7.11 Å². The fourth-order valence-corrected chi connectivity index (χ4v) is 3.16. The number of carbonyl (C=O) groups is 2. The van der Waals surface area contributed by atoms with Crippen LogP contribution in [-0.2, 0) is 4.79 Å². The minimum Gasteiger partial charge on any atom is -0.497 e. The number of likely N-dealkylation sites (tertiary alicyclic amines) is 1. The standard InChI is InChI=1S/C20H29NO3/c1-24-19-12-10-17(11-13-19)20(23)9-3-2-7-18(22)8-6-16-21-14-4-5-15-21/h10-13H,2-9,14-16H2,1H3. The molecule has 1 fully saturated rings. The first-order valence-electron chi connectivity index (χ1n) is 9.10. The Kier molecular flexibility index (Phi) is 7.96. The number of hydrogen-bond donors (Lipinski definition) is 0.